The molecule has 0 amide bonds. The highest BCUT2D eigenvalue weighted by Crippen LogP contribution is 2.11. The zero-order valence-electron chi connectivity index (χ0n) is 10.2. The molecule has 0 fully saturated rings. The number of terminal acetylenes is 1. The summed E-state index contributed by atoms with van der Waals surface area (Å²) in [6.45, 7) is 2.26. The van der Waals surface area contributed by atoms with Crippen molar-refractivity contribution in [2.45, 2.75) is 32.4 Å². The minimum absolute atomic E-state index is 0.0817. The van der Waals surface area contributed by atoms with Gasteiger partial charge < -0.3 is 10.4 Å². The van der Waals surface area contributed by atoms with Crippen LogP contribution in [0.3, 0.4) is 0 Å². The van der Waals surface area contributed by atoms with Crippen LogP contribution in [0, 0.1) is 18.2 Å². The number of benzene rings is 1. The fourth-order valence-electron chi connectivity index (χ4n) is 1.60. The van der Waals surface area contributed by atoms with Gasteiger partial charge >= 0.3 is 5.97 Å². The van der Waals surface area contributed by atoms with Crippen molar-refractivity contribution in [1.29, 1.82) is 0 Å². The van der Waals surface area contributed by atoms with Gasteiger partial charge in [0.2, 0.25) is 0 Å². The van der Waals surface area contributed by atoms with Gasteiger partial charge in [-0.1, -0.05) is 6.92 Å². The Balaban J connectivity index is 2.74. The summed E-state index contributed by atoms with van der Waals surface area (Å²) in [6, 6.07) is 3.87. The van der Waals surface area contributed by atoms with Crippen LogP contribution >= 0.6 is 0 Å². The third-order valence-electron chi connectivity index (χ3n) is 2.73. The van der Waals surface area contributed by atoms with Gasteiger partial charge in [-0.05, 0) is 24.6 Å². The van der Waals surface area contributed by atoms with Crippen molar-refractivity contribution in [1.82, 2.24) is 5.32 Å². The number of nitrogens with one attached hydrogen (secondary N) is 1. The summed E-state index contributed by atoms with van der Waals surface area (Å²) in [5.74, 6) is 1.07. The molecule has 0 aromatic heterocycles. The molecule has 0 saturated heterocycles. The smallest absolute Gasteiger partial charge is 0.335 e. The zero-order chi connectivity index (χ0) is 13.5. The normalized spacial score (nSPS) is 11.8. The minimum Gasteiger partial charge on any atom is -0.478 e. The summed E-state index contributed by atoms with van der Waals surface area (Å²) in [4.78, 5) is 10.8. The first-order chi connectivity index (χ1) is 8.58. The van der Waals surface area contributed by atoms with E-state index in [0.717, 1.165) is 6.42 Å². The maximum Gasteiger partial charge on any atom is 0.335 e. The van der Waals surface area contributed by atoms with E-state index in [-0.39, 0.29) is 18.2 Å². The predicted molar refractivity (Wildman–Crippen MR) is 67.7 cm³/mol. The molecule has 0 radical (unpaired) electrons. The second kappa shape index (κ2) is 6.77. The Bertz CT molecular complexity index is 465. The lowest BCUT2D eigenvalue weighted by molar-refractivity contribution is 0.0696. The molecule has 0 aliphatic rings. The highest BCUT2D eigenvalue weighted by molar-refractivity contribution is 5.87. The first-order valence-corrected chi connectivity index (χ1v) is 5.77. The standard InChI is InChI=1S/C14H16FNO2/c1-3-5-12(4-2)16-9-11-8-10(14(17)18)6-7-13(11)15/h1,6-8,12,16H,4-5,9H2,2H3,(H,17,18). The molecule has 18 heavy (non-hydrogen) atoms. The average Bonchev–Trinajstić information content (AvgIpc) is 2.35. The lowest BCUT2D eigenvalue weighted by Gasteiger charge is -2.14. The molecule has 0 aliphatic carbocycles. The van der Waals surface area contributed by atoms with Crippen LogP contribution in [0.25, 0.3) is 0 Å². The van der Waals surface area contributed by atoms with Crippen LogP contribution in [0.2, 0.25) is 0 Å². The van der Waals surface area contributed by atoms with Gasteiger partial charge in [-0.25, -0.2) is 9.18 Å². The van der Waals surface area contributed by atoms with Crippen LogP contribution in [0.4, 0.5) is 4.39 Å². The van der Waals surface area contributed by atoms with Gasteiger partial charge in [0.15, 0.2) is 0 Å². The first kappa shape index (κ1) is 14.2. The predicted octanol–water partition coefficient (Wildman–Crippen LogP) is 2.42. The van der Waals surface area contributed by atoms with Crippen molar-refractivity contribution < 1.29 is 14.3 Å². The van der Waals surface area contributed by atoms with Gasteiger partial charge in [0.1, 0.15) is 5.82 Å². The molecule has 1 atom stereocenters. The summed E-state index contributed by atoms with van der Waals surface area (Å²) < 4.78 is 13.5. The molecule has 3 nitrogen and oxygen atoms in total. The Kier molecular flexibility index (Phi) is 5.34. The molecule has 1 aromatic rings. The number of carboxylic acids is 1. The fourth-order valence-corrected chi connectivity index (χ4v) is 1.60. The van der Waals surface area contributed by atoms with Crippen LogP contribution in [0.5, 0.6) is 0 Å². The van der Waals surface area contributed by atoms with Crippen molar-refractivity contribution in [2.24, 2.45) is 0 Å². The number of halogens is 1. The van der Waals surface area contributed by atoms with E-state index in [9.17, 15) is 9.18 Å². The van der Waals surface area contributed by atoms with E-state index in [2.05, 4.69) is 11.2 Å². The van der Waals surface area contributed by atoms with Gasteiger partial charge in [0, 0.05) is 24.6 Å². The molecular formula is C14H16FNO2. The van der Waals surface area contributed by atoms with Crippen molar-refractivity contribution in [3.8, 4) is 12.3 Å². The topological polar surface area (TPSA) is 49.3 Å². The van der Waals surface area contributed by atoms with Crippen LogP contribution < -0.4 is 5.32 Å². The van der Waals surface area contributed by atoms with E-state index in [1.54, 1.807) is 0 Å². The van der Waals surface area contributed by atoms with E-state index >= 15 is 0 Å². The van der Waals surface area contributed by atoms with Gasteiger partial charge in [0.25, 0.3) is 0 Å². The lowest BCUT2D eigenvalue weighted by Crippen LogP contribution is -2.27. The molecule has 2 N–H and O–H groups in total. The third kappa shape index (κ3) is 3.86. The monoisotopic (exact) mass is 249 g/mol. The van der Waals surface area contributed by atoms with E-state index in [1.807, 2.05) is 6.92 Å². The van der Waals surface area contributed by atoms with Gasteiger partial charge in [-0.15, -0.1) is 12.3 Å². The molecule has 0 spiro atoms. The van der Waals surface area contributed by atoms with Crippen molar-refractivity contribution in [3.63, 3.8) is 0 Å². The Morgan fingerprint density at radius 3 is 2.89 bits per heavy atom. The summed E-state index contributed by atoms with van der Waals surface area (Å²) in [5.41, 5.74) is 0.420. The summed E-state index contributed by atoms with van der Waals surface area (Å²) >= 11 is 0. The molecule has 1 aromatic carbocycles. The second-order valence-electron chi connectivity index (χ2n) is 4.01. The van der Waals surface area contributed by atoms with Crippen LogP contribution in [-0.2, 0) is 6.54 Å². The molecule has 1 unspecified atom stereocenters. The maximum atomic E-state index is 13.5. The number of hydrogen-bond donors (Lipinski definition) is 2. The SMILES string of the molecule is C#CCC(CC)NCc1cc(C(=O)O)ccc1F. The number of carboxylic acid groups (broad SMARTS) is 1. The summed E-state index contributed by atoms with van der Waals surface area (Å²) in [6.07, 6.45) is 6.63. The number of carbonyl (C=O) groups is 1. The summed E-state index contributed by atoms with van der Waals surface area (Å²) in [5, 5.41) is 12.0. The second-order valence-corrected chi connectivity index (χ2v) is 4.01. The van der Waals surface area contributed by atoms with Gasteiger partial charge in [-0.3, -0.25) is 0 Å². The van der Waals surface area contributed by atoms with Crippen molar-refractivity contribution in [2.75, 3.05) is 0 Å². The van der Waals surface area contributed by atoms with E-state index in [4.69, 9.17) is 11.5 Å². The molecule has 0 heterocycles. The molecule has 96 valence electrons. The Morgan fingerprint density at radius 2 is 2.33 bits per heavy atom. The Morgan fingerprint density at radius 1 is 1.61 bits per heavy atom. The molecule has 1 rings (SSSR count). The van der Waals surface area contributed by atoms with E-state index in [1.165, 1.54) is 18.2 Å². The van der Waals surface area contributed by atoms with Crippen molar-refractivity contribution >= 4 is 5.97 Å². The van der Waals surface area contributed by atoms with E-state index in [0.29, 0.717) is 12.0 Å². The minimum atomic E-state index is -1.06. The molecule has 0 aliphatic heterocycles. The van der Waals surface area contributed by atoms with E-state index < -0.39 is 11.8 Å². The van der Waals surface area contributed by atoms with Crippen LogP contribution in [0.15, 0.2) is 18.2 Å². The maximum absolute atomic E-state index is 13.5. The quantitative estimate of drug-likeness (QED) is 0.761. The molecule has 4 heteroatoms. The van der Waals surface area contributed by atoms with Gasteiger partial charge in [-0.2, -0.15) is 0 Å². The highest BCUT2D eigenvalue weighted by atomic mass is 19.1. The lowest BCUT2D eigenvalue weighted by atomic mass is 10.1. The van der Waals surface area contributed by atoms with Gasteiger partial charge in [0.05, 0.1) is 5.56 Å². The molecular weight excluding hydrogens is 233 g/mol. The zero-order valence-corrected chi connectivity index (χ0v) is 10.2. The Hall–Kier alpha value is -1.86. The number of aromatic carboxylic acids is 1. The summed E-state index contributed by atoms with van der Waals surface area (Å²) in [7, 11) is 0. The van der Waals surface area contributed by atoms with Crippen molar-refractivity contribution in [3.05, 3.63) is 35.1 Å². The van der Waals surface area contributed by atoms with Crippen LogP contribution in [0.1, 0.15) is 35.7 Å². The third-order valence-corrected chi connectivity index (χ3v) is 2.73. The molecule has 0 saturated carbocycles. The Labute approximate surface area is 106 Å². The largest absolute Gasteiger partial charge is 0.478 e. The first-order valence-electron chi connectivity index (χ1n) is 5.77. The number of rotatable bonds is 6. The number of hydrogen-bond acceptors (Lipinski definition) is 2. The fraction of sp³-hybridized carbons (Fsp3) is 0.357. The van der Waals surface area contributed by atoms with Crippen LogP contribution in [-0.4, -0.2) is 17.1 Å². The highest BCUT2D eigenvalue weighted by Gasteiger charge is 2.10. The molecule has 0 bridgehead atoms. The average molecular weight is 249 g/mol.